The lowest BCUT2D eigenvalue weighted by Crippen LogP contribution is -2.33. The van der Waals surface area contributed by atoms with Gasteiger partial charge in [-0.3, -0.25) is 4.79 Å². The smallest absolute Gasteiger partial charge is 0.332 e. The SMILES string of the molecule is C=C(CN1CCC(CCC)CCC1=O)C(=O)O. The number of carboxylic acid groups (broad SMARTS) is 1. The van der Waals surface area contributed by atoms with Gasteiger partial charge in [0.2, 0.25) is 5.91 Å². The third-order valence-electron chi connectivity index (χ3n) is 3.31. The number of carbonyl (C=O) groups is 2. The van der Waals surface area contributed by atoms with Crippen LogP contribution in [0.1, 0.15) is 39.0 Å². The minimum Gasteiger partial charge on any atom is -0.478 e. The second kappa shape index (κ2) is 6.42. The molecule has 0 aromatic rings. The molecule has 4 heteroatoms. The van der Waals surface area contributed by atoms with Gasteiger partial charge in [-0.15, -0.1) is 0 Å². The fourth-order valence-corrected chi connectivity index (χ4v) is 2.26. The van der Waals surface area contributed by atoms with E-state index in [0.29, 0.717) is 18.9 Å². The Morgan fingerprint density at radius 3 is 2.82 bits per heavy atom. The van der Waals surface area contributed by atoms with E-state index in [9.17, 15) is 9.59 Å². The van der Waals surface area contributed by atoms with Crippen molar-refractivity contribution in [2.24, 2.45) is 5.92 Å². The third-order valence-corrected chi connectivity index (χ3v) is 3.31. The number of hydrogen-bond acceptors (Lipinski definition) is 2. The predicted octanol–water partition coefficient (Wildman–Crippen LogP) is 2.06. The van der Waals surface area contributed by atoms with E-state index in [4.69, 9.17) is 5.11 Å². The Kier molecular flexibility index (Phi) is 5.19. The molecular formula is C13H21NO3. The average Bonchev–Trinajstić information content (AvgIpc) is 2.44. The Morgan fingerprint density at radius 2 is 2.24 bits per heavy atom. The van der Waals surface area contributed by atoms with Crippen molar-refractivity contribution in [2.75, 3.05) is 13.1 Å². The van der Waals surface area contributed by atoms with E-state index in [2.05, 4.69) is 13.5 Å². The van der Waals surface area contributed by atoms with E-state index >= 15 is 0 Å². The van der Waals surface area contributed by atoms with Gasteiger partial charge in [0, 0.05) is 18.5 Å². The first kappa shape index (κ1) is 13.7. The molecule has 1 aliphatic heterocycles. The molecule has 17 heavy (non-hydrogen) atoms. The minimum absolute atomic E-state index is 0.0611. The molecule has 1 N–H and O–H groups in total. The van der Waals surface area contributed by atoms with Gasteiger partial charge in [-0.2, -0.15) is 0 Å². The van der Waals surface area contributed by atoms with Crippen molar-refractivity contribution in [3.8, 4) is 0 Å². The lowest BCUT2D eigenvalue weighted by molar-refractivity contribution is -0.133. The molecule has 1 atom stereocenters. The first-order valence-electron chi connectivity index (χ1n) is 6.23. The molecule has 1 unspecified atom stereocenters. The van der Waals surface area contributed by atoms with Gasteiger partial charge in [0.25, 0.3) is 0 Å². The van der Waals surface area contributed by atoms with Crippen LogP contribution >= 0.6 is 0 Å². The molecule has 1 amide bonds. The lowest BCUT2D eigenvalue weighted by Gasteiger charge is -2.20. The van der Waals surface area contributed by atoms with Crippen molar-refractivity contribution in [3.05, 3.63) is 12.2 Å². The second-order valence-electron chi connectivity index (χ2n) is 4.71. The second-order valence-corrected chi connectivity index (χ2v) is 4.71. The maximum absolute atomic E-state index is 11.8. The standard InChI is InChI=1S/C13H21NO3/c1-3-4-11-5-6-12(15)14(8-7-11)9-10(2)13(16)17/h11H,2-9H2,1H3,(H,16,17). The number of rotatable bonds is 5. The summed E-state index contributed by atoms with van der Waals surface area (Å²) in [5, 5.41) is 8.77. The molecule has 0 aliphatic carbocycles. The first-order valence-corrected chi connectivity index (χ1v) is 6.23. The normalized spacial score (nSPS) is 21.1. The van der Waals surface area contributed by atoms with Crippen LogP contribution in [0.25, 0.3) is 0 Å². The van der Waals surface area contributed by atoms with Crippen molar-refractivity contribution >= 4 is 11.9 Å². The largest absolute Gasteiger partial charge is 0.478 e. The van der Waals surface area contributed by atoms with Gasteiger partial charge in [-0.25, -0.2) is 4.79 Å². The minimum atomic E-state index is -1.02. The van der Waals surface area contributed by atoms with Crippen molar-refractivity contribution in [1.29, 1.82) is 0 Å². The summed E-state index contributed by atoms with van der Waals surface area (Å²) in [7, 11) is 0. The van der Waals surface area contributed by atoms with E-state index in [1.807, 2.05) is 0 Å². The molecule has 0 aromatic heterocycles. The van der Waals surface area contributed by atoms with Gasteiger partial charge in [-0.1, -0.05) is 26.3 Å². The van der Waals surface area contributed by atoms with Gasteiger partial charge in [0.05, 0.1) is 6.54 Å². The summed E-state index contributed by atoms with van der Waals surface area (Å²) in [4.78, 5) is 24.1. The zero-order chi connectivity index (χ0) is 12.8. The van der Waals surface area contributed by atoms with Crippen LogP contribution in [0.15, 0.2) is 12.2 Å². The molecule has 0 radical (unpaired) electrons. The molecule has 1 fully saturated rings. The van der Waals surface area contributed by atoms with Crippen LogP contribution in [-0.4, -0.2) is 35.0 Å². The van der Waals surface area contributed by atoms with Crippen LogP contribution in [0.5, 0.6) is 0 Å². The number of carboxylic acids is 1. The summed E-state index contributed by atoms with van der Waals surface area (Å²) >= 11 is 0. The molecular weight excluding hydrogens is 218 g/mol. The molecule has 4 nitrogen and oxygen atoms in total. The number of carbonyl (C=O) groups excluding carboxylic acids is 1. The summed E-state index contributed by atoms with van der Waals surface area (Å²) in [5.74, 6) is -0.356. The molecule has 0 aromatic carbocycles. The number of amides is 1. The zero-order valence-electron chi connectivity index (χ0n) is 10.4. The highest BCUT2D eigenvalue weighted by molar-refractivity contribution is 5.87. The van der Waals surface area contributed by atoms with Crippen molar-refractivity contribution in [1.82, 2.24) is 4.90 Å². The maximum atomic E-state index is 11.8. The average molecular weight is 239 g/mol. The van der Waals surface area contributed by atoms with Crippen molar-refractivity contribution in [2.45, 2.75) is 39.0 Å². The van der Waals surface area contributed by atoms with Crippen LogP contribution in [0.4, 0.5) is 0 Å². The quantitative estimate of drug-likeness (QED) is 0.747. The van der Waals surface area contributed by atoms with Gasteiger partial charge < -0.3 is 10.0 Å². The third kappa shape index (κ3) is 4.21. The number of aliphatic carboxylic acids is 1. The zero-order valence-corrected chi connectivity index (χ0v) is 10.4. The highest BCUT2D eigenvalue weighted by atomic mass is 16.4. The van der Waals surface area contributed by atoms with Gasteiger partial charge >= 0.3 is 5.97 Å². The Morgan fingerprint density at radius 1 is 1.53 bits per heavy atom. The Labute approximate surface area is 102 Å². The van der Waals surface area contributed by atoms with Gasteiger partial charge in [0.15, 0.2) is 0 Å². The fourth-order valence-electron chi connectivity index (χ4n) is 2.26. The summed E-state index contributed by atoms with van der Waals surface area (Å²) < 4.78 is 0. The Hall–Kier alpha value is -1.32. The molecule has 0 bridgehead atoms. The summed E-state index contributed by atoms with van der Waals surface area (Å²) in [6, 6.07) is 0. The van der Waals surface area contributed by atoms with E-state index < -0.39 is 5.97 Å². The van der Waals surface area contributed by atoms with Crippen LogP contribution in [-0.2, 0) is 9.59 Å². The maximum Gasteiger partial charge on any atom is 0.332 e. The molecule has 1 aliphatic rings. The first-order chi connectivity index (χ1) is 8.04. The predicted molar refractivity (Wildman–Crippen MR) is 65.6 cm³/mol. The van der Waals surface area contributed by atoms with E-state index in [1.54, 1.807) is 4.90 Å². The van der Waals surface area contributed by atoms with E-state index in [-0.39, 0.29) is 18.0 Å². The number of likely N-dealkylation sites (tertiary alicyclic amines) is 1. The van der Waals surface area contributed by atoms with E-state index in [0.717, 1.165) is 25.7 Å². The molecule has 1 rings (SSSR count). The topological polar surface area (TPSA) is 57.6 Å². The van der Waals surface area contributed by atoms with Gasteiger partial charge in [0.1, 0.15) is 0 Å². The molecule has 96 valence electrons. The molecule has 1 heterocycles. The highest BCUT2D eigenvalue weighted by Crippen LogP contribution is 2.22. The van der Waals surface area contributed by atoms with Crippen LogP contribution < -0.4 is 0 Å². The van der Waals surface area contributed by atoms with Crippen LogP contribution in [0.3, 0.4) is 0 Å². The van der Waals surface area contributed by atoms with Crippen LogP contribution in [0, 0.1) is 5.92 Å². The summed E-state index contributed by atoms with van der Waals surface area (Å²) in [5.41, 5.74) is 0.0901. The van der Waals surface area contributed by atoms with Crippen molar-refractivity contribution in [3.63, 3.8) is 0 Å². The fraction of sp³-hybridized carbons (Fsp3) is 0.692. The molecule has 1 saturated heterocycles. The van der Waals surface area contributed by atoms with Gasteiger partial charge in [-0.05, 0) is 18.8 Å². The van der Waals surface area contributed by atoms with Crippen molar-refractivity contribution < 1.29 is 14.7 Å². The Balaban J connectivity index is 2.53. The monoisotopic (exact) mass is 239 g/mol. The summed E-state index contributed by atoms with van der Waals surface area (Å²) in [6.07, 6.45) is 4.74. The van der Waals surface area contributed by atoms with Crippen LogP contribution in [0.2, 0.25) is 0 Å². The van der Waals surface area contributed by atoms with E-state index in [1.165, 1.54) is 0 Å². The highest BCUT2D eigenvalue weighted by Gasteiger charge is 2.23. The molecule has 0 saturated carbocycles. The number of nitrogens with zero attached hydrogens (tertiary/aromatic N) is 1. The molecule has 0 spiro atoms. The summed E-state index contributed by atoms with van der Waals surface area (Å²) in [6.45, 7) is 6.45. The Bertz CT molecular complexity index is 312. The number of hydrogen-bond donors (Lipinski definition) is 1. The lowest BCUT2D eigenvalue weighted by atomic mass is 9.96.